The van der Waals surface area contributed by atoms with Gasteiger partial charge in [-0.3, -0.25) is 4.79 Å². The lowest BCUT2D eigenvalue weighted by Crippen LogP contribution is -2.28. The van der Waals surface area contributed by atoms with Crippen LogP contribution in [0.5, 0.6) is 11.5 Å². The average Bonchev–Trinajstić information content (AvgIpc) is 2.66. The number of aryl methyl sites for hydroxylation is 3. The normalized spacial score (nSPS) is 11.7. The van der Waals surface area contributed by atoms with Gasteiger partial charge >= 0.3 is 0 Å². The van der Waals surface area contributed by atoms with Crippen LogP contribution in [0, 0.1) is 13.8 Å². The fourth-order valence-corrected chi connectivity index (χ4v) is 2.96. The van der Waals surface area contributed by atoms with Gasteiger partial charge in [0.15, 0.2) is 11.5 Å². The summed E-state index contributed by atoms with van der Waals surface area (Å²) in [7, 11) is 3.23. The molecule has 0 spiro atoms. The quantitative estimate of drug-likeness (QED) is 0.757. The Hall–Kier alpha value is -2.49. The van der Waals surface area contributed by atoms with Crippen LogP contribution in [0.3, 0.4) is 0 Å². The maximum atomic E-state index is 12.4. The van der Waals surface area contributed by atoms with Gasteiger partial charge in [0, 0.05) is 6.42 Å². The molecule has 0 bridgehead atoms. The number of hydrogen-bond donors (Lipinski definition) is 1. The molecule has 140 valence electrons. The highest BCUT2D eigenvalue weighted by atomic mass is 16.5. The maximum Gasteiger partial charge on any atom is 0.220 e. The highest BCUT2D eigenvalue weighted by Gasteiger charge is 2.14. The van der Waals surface area contributed by atoms with E-state index in [4.69, 9.17) is 9.47 Å². The summed E-state index contributed by atoms with van der Waals surface area (Å²) in [5.41, 5.74) is 4.73. The van der Waals surface area contributed by atoms with Crippen molar-refractivity contribution in [1.29, 1.82) is 0 Å². The molecular weight excluding hydrogens is 326 g/mol. The minimum absolute atomic E-state index is 0.0483. The number of carbonyl (C=O) groups is 1. The van der Waals surface area contributed by atoms with Crippen molar-refractivity contribution in [3.8, 4) is 11.5 Å². The fraction of sp³-hybridized carbons (Fsp3) is 0.409. The lowest BCUT2D eigenvalue weighted by atomic mass is 9.99. The van der Waals surface area contributed by atoms with E-state index in [1.165, 1.54) is 11.1 Å². The molecule has 4 heteroatoms. The van der Waals surface area contributed by atoms with Gasteiger partial charge < -0.3 is 14.8 Å². The predicted octanol–water partition coefficient (Wildman–Crippen LogP) is 4.52. The van der Waals surface area contributed by atoms with Crippen LogP contribution in [0.25, 0.3) is 0 Å². The number of nitrogens with one attached hydrogen (secondary N) is 1. The van der Waals surface area contributed by atoms with Gasteiger partial charge in [0.2, 0.25) is 5.91 Å². The first-order chi connectivity index (χ1) is 12.5. The van der Waals surface area contributed by atoms with Crippen molar-refractivity contribution in [2.24, 2.45) is 0 Å². The molecule has 0 saturated heterocycles. The summed E-state index contributed by atoms with van der Waals surface area (Å²) in [6, 6.07) is 12.2. The predicted molar refractivity (Wildman–Crippen MR) is 105 cm³/mol. The molecule has 0 heterocycles. The van der Waals surface area contributed by atoms with Crippen LogP contribution < -0.4 is 14.8 Å². The third-order valence-electron chi connectivity index (χ3n) is 4.77. The van der Waals surface area contributed by atoms with E-state index in [0.717, 1.165) is 17.5 Å². The summed E-state index contributed by atoms with van der Waals surface area (Å²) in [5, 5.41) is 3.16. The number of ether oxygens (including phenoxy) is 2. The zero-order valence-electron chi connectivity index (χ0n) is 16.4. The summed E-state index contributed by atoms with van der Waals surface area (Å²) < 4.78 is 10.6. The van der Waals surface area contributed by atoms with Crippen molar-refractivity contribution >= 4 is 5.91 Å². The minimum Gasteiger partial charge on any atom is -0.493 e. The first kappa shape index (κ1) is 19.8. The van der Waals surface area contributed by atoms with Crippen molar-refractivity contribution in [3.05, 3.63) is 58.7 Å². The molecule has 4 nitrogen and oxygen atoms in total. The van der Waals surface area contributed by atoms with E-state index < -0.39 is 0 Å². The molecule has 0 saturated carbocycles. The molecule has 0 aliphatic heterocycles. The molecule has 1 amide bonds. The molecular formula is C22H29NO3. The Balaban J connectivity index is 1.97. The zero-order valence-corrected chi connectivity index (χ0v) is 16.4. The Morgan fingerprint density at radius 1 is 1.00 bits per heavy atom. The van der Waals surface area contributed by atoms with Gasteiger partial charge in [0.05, 0.1) is 20.3 Å². The Morgan fingerprint density at radius 2 is 1.73 bits per heavy atom. The van der Waals surface area contributed by atoms with Gasteiger partial charge in [-0.25, -0.2) is 0 Å². The van der Waals surface area contributed by atoms with Gasteiger partial charge in [-0.1, -0.05) is 31.2 Å². The van der Waals surface area contributed by atoms with E-state index in [9.17, 15) is 4.79 Å². The van der Waals surface area contributed by atoms with E-state index in [0.29, 0.717) is 24.3 Å². The van der Waals surface area contributed by atoms with Crippen molar-refractivity contribution in [2.45, 2.75) is 46.1 Å². The van der Waals surface area contributed by atoms with Crippen molar-refractivity contribution in [1.82, 2.24) is 5.32 Å². The first-order valence-corrected chi connectivity index (χ1v) is 9.05. The van der Waals surface area contributed by atoms with Crippen LogP contribution in [0.1, 0.15) is 48.1 Å². The second kappa shape index (κ2) is 9.27. The van der Waals surface area contributed by atoms with Crippen LogP contribution in [0.15, 0.2) is 36.4 Å². The number of benzene rings is 2. The van der Waals surface area contributed by atoms with E-state index in [1.54, 1.807) is 14.2 Å². The van der Waals surface area contributed by atoms with Gasteiger partial charge in [-0.2, -0.15) is 0 Å². The molecule has 0 fully saturated rings. The number of carbonyl (C=O) groups excluding carboxylic acids is 1. The molecule has 2 rings (SSSR count). The van der Waals surface area contributed by atoms with Crippen LogP contribution in [0.4, 0.5) is 0 Å². The van der Waals surface area contributed by atoms with Gasteiger partial charge in [-0.15, -0.1) is 0 Å². The molecule has 26 heavy (non-hydrogen) atoms. The van der Waals surface area contributed by atoms with Crippen LogP contribution in [-0.4, -0.2) is 20.1 Å². The molecule has 1 N–H and O–H groups in total. The Morgan fingerprint density at radius 3 is 2.35 bits per heavy atom. The monoisotopic (exact) mass is 355 g/mol. The summed E-state index contributed by atoms with van der Waals surface area (Å²) in [6.07, 6.45) is 1.97. The van der Waals surface area contributed by atoms with E-state index >= 15 is 0 Å². The van der Waals surface area contributed by atoms with Gasteiger partial charge in [-0.05, 0) is 61.1 Å². The first-order valence-electron chi connectivity index (χ1n) is 9.05. The lowest BCUT2D eigenvalue weighted by molar-refractivity contribution is -0.121. The second-order valence-corrected chi connectivity index (χ2v) is 6.56. The fourth-order valence-electron chi connectivity index (χ4n) is 2.96. The zero-order chi connectivity index (χ0) is 19.1. The summed E-state index contributed by atoms with van der Waals surface area (Å²) in [4.78, 5) is 12.4. The van der Waals surface area contributed by atoms with Crippen molar-refractivity contribution in [2.75, 3.05) is 14.2 Å². The molecule has 0 aliphatic carbocycles. The average molecular weight is 355 g/mol. The largest absolute Gasteiger partial charge is 0.493 e. The Labute approximate surface area is 156 Å². The molecule has 0 aliphatic rings. The topological polar surface area (TPSA) is 47.6 Å². The SMILES string of the molecule is CCC(NC(=O)CCc1ccc(OC)c(OC)c1)c1ccc(C)c(C)c1. The van der Waals surface area contributed by atoms with Gasteiger partial charge in [0.1, 0.15) is 0 Å². The summed E-state index contributed by atoms with van der Waals surface area (Å²) >= 11 is 0. The summed E-state index contributed by atoms with van der Waals surface area (Å²) in [6.45, 7) is 6.29. The highest BCUT2D eigenvalue weighted by Crippen LogP contribution is 2.28. The van der Waals surface area contributed by atoms with E-state index in [2.05, 4.69) is 44.3 Å². The Kier molecular flexibility index (Phi) is 7.07. The maximum absolute atomic E-state index is 12.4. The van der Waals surface area contributed by atoms with Crippen molar-refractivity contribution in [3.63, 3.8) is 0 Å². The van der Waals surface area contributed by atoms with Crippen LogP contribution in [0.2, 0.25) is 0 Å². The van der Waals surface area contributed by atoms with E-state index in [-0.39, 0.29) is 11.9 Å². The Bertz CT molecular complexity index is 755. The molecule has 2 aromatic carbocycles. The third-order valence-corrected chi connectivity index (χ3v) is 4.77. The molecule has 2 aromatic rings. The highest BCUT2D eigenvalue weighted by molar-refractivity contribution is 5.76. The minimum atomic E-state index is 0.0483. The lowest BCUT2D eigenvalue weighted by Gasteiger charge is -2.19. The summed E-state index contributed by atoms with van der Waals surface area (Å²) in [5.74, 6) is 1.44. The van der Waals surface area contributed by atoms with Gasteiger partial charge in [0.25, 0.3) is 0 Å². The third kappa shape index (κ3) is 5.01. The van der Waals surface area contributed by atoms with Crippen molar-refractivity contribution < 1.29 is 14.3 Å². The smallest absolute Gasteiger partial charge is 0.220 e. The second-order valence-electron chi connectivity index (χ2n) is 6.56. The number of methoxy groups -OCH3 is 2. The standard InChI is InChI=1S/C22H29NO3/c1-6-19(18-10-7-15(2)16(3)13-18)23-22(24)12-9-17-8-11-20(25-4)21(14-17)26-5/h7-8,10-11,13-14,19H,6,9,12H2,1-5H3,(H,23,24). The number of amides is 1. The van der Waals surface area contributed by atoms with Crippen LogP contribution in [-0.2, 0) is 11.2 Å². The molecule has 1 atom stereocenters. The van der Waals surface area contributed by atoms with Crippen LogP contribution >= 0.6 is 0 Å². The molecule has 0 radical (unpaired) electrons. The number of rotatable bonds is 8. The van der Waals surface area contributed by atoms with E-state index in [1.807, 2.05) is 18.2 Å². The molecule has 0 aromatic heterocycles. The molecule has 1 unspecified atom stereocenters. The number of hydrogen-bond acceptors (Lipinski definition) is 3.